The van der Waals surface area contributed by atoms with E-state index in [0.29, 0.717) is 5.69 Å². The van der Waals surface area contributed by atoms with Crippen molar-refractivity contribution in [2.45, 2.75) is 21.0 Å². The van der Waals surface area contributed by atoms with Crippen molar-refractivity contribution in [2.24, 2.45) is 11.8 Å². The van der Waals surface area contributed by atoms with Crippen LogP contribution in [-0.4, -0.2) is 31.1 Å². The molecule has 4 atom stereocenters. The number of rotatable bonds is 3. The highest BCUT2D eigenvalue weighted by atomic mass is 35.5. The molecule has 1 saturated carbocycles. The molecule has 0 aliphatic heterocycles. The second kappa shape index (κ2) is 6.33. The number of hydrogen-bond donors (Lipinski definition) is 2. The van der Waals surface area contributed by atoms with Gasteiger partial charge in [-0.25, -0.2) is 0 Å². The van der Waals surface area contributed by atoms with Gasteiger partial charge in [0.2, 0.25) is 5.91 Å². The van der Waals surface area contributed by atoms with E-state index in [2.05, 4.69) is 5.32 Å². The molecule has 2 N–H and O–H groups in total. The molecule has 140 valence electrons. The first-order valence-corrected chi connectivity index (χ1v) is 9.59. The van der Waals surface area contributed by atoms with Crippen molar-refractivity contribution in [2.75, 3.05) is 5.32 Å². The van der Waals surface area contributed by atoms with Gasteiger partial charge in [0.25, 0.3) is 0 Å². The van der Waals surface area contributed by atoms with Gasteiger partial charge in [-0.15, -0.1) is 23.2 Å². The van der Waals surface area contributed by atoms with Crippen LogP contribution < -0.4 is 5.32 Å². The smallest absolute Gasteiger partial charge is 0.309 e. The van der Waals surface area contributed by atoms with Gasteiger partial charge in [-0.2, -0.15) is 0 Å². The number of amides is 1. The van der Waals surface area contributed by atoms with Crippen LogP contribution in [0.5, 0.6) is 0 Å². The predicted octanol–water partition coefficient (Wildman–Crippen LogP) is 5.10. The Labute approximate surface area is 179 Å². The lowest BCUT2D eigenvalue weighted by Gasteiger charge is -2.33. The molecule has 0 saturated heterocycles. The van der Waals surface area contributed by atoms with Gasteiger partial charge in [0.05, 0.1) is 21.9 Å². The zero-order valence-corrected chi connectivity index (χ0v) is 17.5. The number of benzene rings is 1. The summed E-state index contributed by atoms with van der Waals surface area (Å²) in [6.07, 6.45) is 0. The molecular weight excluding hydrogens is 467 g/mol. The molecule has 1 amide bonds. The number of hydrogen-bond acceptors (Lipinski definition) is 2. The van der Waals surface area contributed by atoms with Gasteiger partial charge in [-0.1, -0.05) is 58.5 Å². The standard InChI is InChI=1S/C16H11Cl6NO3/c1-6-3-2-4-7(5-6)23-12(24)8-9(13(25)26)15(20)11(18)10(17)14(8,19)16(15,21)22/h2-5,8-9H,1H3,(H,23,24)(H,25,26)/t8-,9-,14+,15+/m0/s1. The van der Waals surface area contributed by atoms with Crippen LogP contribution in [0.25, 0.3) is 0 Å². The fourth-order valence-corrected chi connectivity index (χ4v) is 6.51. The molecule has 2 bridgehead atoms. The summed E-state index contributed by atoms with van der Waals surface area (Å²) in [4.78, 5) is 20.9. The second-order valence-corrected chi connectivity index (χ2v) is 9.55. The molecule has 2 aliphatic rings. The summed E-state index contributed by atoms with van der Waals surface area (Å²) in [5, 5.41) is 11.8. The molecule has 26 heavy (non-hydrogen) atoms. The lowest BCUT2D eigenvalue weighted by Crippen LogP contribution is -2.47. The monoisotopic (exact) mass is 475 g/mol. The molecule has 0 heterocycles. The van der Waals surface area contributed by atoms with Gasteiger partial charge in [0.15, 0.2) is 4.33 Å². The number of carboxylic acid groups (broad SMARTS) is 1. The van der Waals surface area contributed by atoms with Crippen LogP contribution in [0.2, 0.25) is 0 Å². The highest BCUT2D eigenvalue weighted by Gasteiger charge is 2.85. The van der Waals surface area contributed by atoms with Gasteiger partial charge in [0, 0.05) is 5.69 Å². The van der Waals surface area contributed by atoms with E-state index in [1.165, 1.54) is 0 Å². The summed E-state index contributed by atoms with van der Waals surface area (Å²) in [5.74, 6) is -5.19. The fraction of sp³-hybridized carbons (Fsp3) is 0.375. The minimum absolute atomic E-state index is 0.234. The van der Waals surface area contributed by atoms with E-state index in [-0.39, 0.29) is 10.1 Å². The van der Waals surface area contributed by atoms with Crippen molar-refractivity contribution >= 4 is 87.2 Å². The Kier molecular flexibility index (Phi) is 4.96. The number of carboxylic acids is 1. The molecule has 0 radical (unpaired) electrons. The number of halogens is 6. The highest BCUT2D eigenvalue weighted by molar-refractivity contribution is 6.66. The number of carbonyl (C=O) groups is 2. The number of fused-ring (bicyclic) bond motifs is 2. The Bertz CT molecular complexity index is 856. The molecule has 1 aromatic rings. The maximum Gasteiger partial charge on any atom is 0.309 e. The molecule has 2 aliphatic carbocycles. The highest BCUT2D eigenvalue weighted by Crippen LogP contribution is 2.76. The van der Waals surface area contributed by atoms with Gasteiger partial charge >= 0.3 is 5.97 Å². The number of alkyl halides is 4. The molecule has 0 spiro atoms. The first-order chi connectivity index (χ1) is 11.9. The van der Waals surface area contributed by atoms with Crippen LogP contribution in [0.1, 0.15) is 5.56 Å². The Morgan fingerprint density at radius 2 is 1.58 bits per heavy atom. The first kappa shape index (κ1) is 20.4. The summed E-state index contributed by atoms with van der Waals surface area (Å²) in [6, 6.07) is 6.92. The van der Waals surface area contributed by atoms with E-state index in [1.807, 2.05) is 13.0 Å². The molecule has 3 rings (SSSR count). The molecule has 4 nitrogen and oxygen atoms in total. The van der Waals surface area contributed by atoms with Crippen LogP contribution in [0.4, 0.5) is 5.69 Å². The maximum absolute atomic E-state index is 13.0. The van der Waals surface area contributed by atoms with Gasteiger partial charge in [0.1, 0.15) is 9.75 Å². The minimum atomic E-state index is -2.12. The molecule has 0 unspecified atom stereocenters. The van der Waals surface area contributed by atoms with Crippen molar-refractivity contribution < 1.29 is 14.7 Å². The minimum Gasteiger partial charge on any atom is -0.481 e. The SMILES string of the molecule is Cc1cccc(NC(=O)[C@@H]2[C@@H](C(=O)O)[C@@]3(Cl)C(Cl)=C(Cl)[C@@]2(Cl)C3(Cl)Cl)c1. The lowest BCUT2D eigenvalue weighted by atomic mass is 9.81. The van der Waals surface area contributed by atoms with Crippen molar-refractivity contribution in [1.82, 2.24) is 0 Å². The third kappa shape index (κ3) is 2.36. The van der Waals surface area contributed by atoms with Crippen LogP contribution >= 0.6 is 69.6 Å². The summed E-state index contributed by atoms with van der Waals surface area (Å²) >= 11 is 38.1. The fourth-order valence-electron chi connectivity index (χ4n) is 3.57. The third-order valence-electron chi connectivity index (χ3n) is 4.77. The molecular formula is C16H11Cl6NO3. The zero-order valence-electron chi connectivity index (χ0n) is 13.0. The largest absolute Gasteiger partial charge is 0.481 e. The average molecular weight is 478 g/mol. The van der Waals surface area contributed by atoms with Crippen LogP contribution in [0.15, 0.2) is 34.3 Å². The Balaban J connectivity index is 2.11. The number of nitrogens with one attached hydrogen (secondary N) is 1. The second-order valence-electron chi connectivity index (χ2n) is 6.28. The lowest BCUT2D eigenvalue weighted by molar-refractivity contribution is -0.146. The number of aryl methyl sites for hydroxylation is 1. The summed E-state index contributed by atoms with van der Waals surface area (Å²) in [5.41, 5.74) is 1.34. The van der Waals surface area contributed by atoms with Crippen molar-refractivity contribution in [3.05, 3.63) is 39.9 Å². The van der Waals surface area contributed by atoms with Crippen LogP contribution in [0.3, 0.4) is 0 Å². The normalized spacial score (nSPS) is 34.9. The van der Waals surface area contributed by atoms with E-state index in [1.54, 1.807) is 18.2 Å². The topological polar surface area (TPSA) is 66.4 Å². The summed E-state index contributed by atoms with van der Waals surface area (Å²) < 4.78 is -2.12. The molecule has 0 aromatic heterocycles. The van der Waals surface area contributed by atoms with E-state index >= 15 is 0 Å². The van der Waals surface area contributed by atoms with Gasteiger partial charge in [-0.3, -0.25) is 9.59 Å². The van der Waals surface area contributed by atoms with Crippen molar-refractivity contribution in [1.29, 1.82) is 0 Å². The van der Waals surface area contributed by atoms with Crippen LogP contribution in [-0.2, 0) is 9.59 Å². The molecule has 1 fully saturated rings. The zero-order chi connectivity index (χ0) is 19.7. The van der Waals surface area contributed by atoms with E-state index in [9.17, 15) is 14.7 Å². The number of carbonyl (C=O) groups excluding carboxylic acids is 1. The van der Waals surface area contributed by atoms with E-state index in [4.69, 9.17) is 69.6 Å². The third-order valence-corrected chi connectivity index (χ3v) is 9.03. The average Bonchev–Trinajstić information content (AvgIpc) is 2.74. The Hall–Kier alpha value is -0.360. The predicted molar refractivity (Wildman–Crippen MR) is 105 cm³/mol. The Morgan fingerprint density at radius 1 is 1.04 bits per heavy atom. The number of anilines is 1. The maximum atomic E-state index is 13.0. The number of aliphatic carboxylic acids is 1. The molecule has 1 aromatic carbocycles. The van der Waals surface area contributed by atoms with Gasteiger partial charge < -0.3 is 10.4 Å². The Morgan fingerprint density at radius 3 is 2.08 bits per heavy atom. The van der Waals surface area contributed by atoms with Crippen molar-refractivity contribution in [3.8, 4) is 0 Å². The van der Waals surface area contributed by atoms with Crippen molar-refractivity contribution in [3.63, 3.8) is 0 Å². The summed E-state index contributed by atoms with van der Waals surface area (Å²) in [6.45, 7) is 1.84. The quantitative estimate of drug-likeness (QED) is 0.595. The first-order valence-electron chi connectivity index (χ1n) is 7.33. The van der Waals surface area contributed by atoms with Crippen LogP contribution in [0, 0.1) is 18.8 Å². The summed E-state index contributed by atoms with van der Waals surface area (Å²) in [7, 11) is 0. The van der Waals surface area contributed by atoms with Gasteiger partial charge in [-0.05, 0) is 24.6 Å². The van der Waals surface area contributed by atoms with E-state index in [0.717, 1.165) is 5.56 Å². The molecule has 10 heteroatoms. The number of allylic oxidation sites excluding steroid dienone is 2. The van der Waals surface area contributed by atoms with E-state index < -0.39 is 37.8 Å².